The van der Waals surface area contributed by atoms with Crippen LogP contribution in [0.15, 0.2) is 24.4 Å². The second-order valence-corrected chi connectivity index (χ2v) is 6.16. The van der Waals surface area contributed by atoms with E-state index in [1.165, 1.54) is 5.56 Å². The highest BCUT2D eigenvalue weighted by atomic mass is 127. The van der Waals surface area contributed by atoms with Crippen molar-refractivity contribution >= 4 is 34.2 Å². The van der Waals surface area contributed by atoms with Gasteiger partial charge in [-0.15, -0.1) is 0 Å². The smallest absolute Gasteiger partial charge is 0.0903 e. The molecule has 1 atom stereocenters. The van der Waals surface area contributed by atoms with E-state index < -0.39 is 0 Å². The van der Waals surface area contributed by atoms with Crippen LogP contribution in [0.3, 0.4) is 0 Å². The second kappa shape index (κ2) is 7.55. The number of aryl methyl sites for hydroxylation is 1. The molecule has 7 heteroatoms. The molecule has 0 aliphatic rings. The fourth-order valence-corrected chi connectivity index (χ4v) is 3.15. The summed E-state index contributed by atoms with van der Waals surface area (Å²) in [6.45, 7) is 3.26. The Hall–Kier alpha value is -0.670. The van der Waals surface area contributed by atoms with E-state index in [-0.39, 0.29) is 6.04 Å². The Morgan fingerprint density at radius 2 is 2.29 bits per heavy atom. The Morgan fingerprint density at radius 1 is 1.52 bits per heavy atom. The van der Waals surface area contributed by atoms with Gasteiger partial charge in [0.2, 0.25) is 0 Å². The van der Waals surface area contributed by atoms with Gasteiger partial charge >= 0.3 is 0 Å². The van der Waals surface area contributed by atoms with Crippen molar-refractivity contribution in [2.24, 2.45) is 5.84 Å². The number of hydrazine groups is 1. The fourth-order valence-electron chi connectivity index (χ4n) is 2.22. The lowest BCUT2D eigenvalue weighted by atomic mass is 10.0. The highest BCUT2D eigenvalue weighted by molar-refractivity contribution is 14.1. The van der Waals surface area contributed by atoms with Crippen LogP contribution in [0.25, 0.3) is 0 Å². The summed E-state index contributed by atoms with van der Waals surface area (Å²) in [5.41, 5.74) is 5.99. The first-order valence-electron chi connectivity index (χ1n) is 6.51. The van der Waals surface area contributed by atoms with Gasteiger partial charge in [0.25, 0.3) is 0 Å². The first-order chi connectivity index (χ1) is 10.1. The summed E-state index contributed by atoms with van der Waals surface area (Å²) in [7, 11) is 1.66. The maximum atomic E-state index is 6.32. The van der Waals surface area contributed by atoms with Gasteiger partial charge in [0.15, 0.2) is 0 Å². The van der Waals surface area contributed by atoms with E-state index in [2.05, 4.69) is 46.1 Å². The summed E-state index contributed by atoms with van der Waals surface area (Å²) >= 11 is 8.64. The highest BCUT2D eigenvalue weighted by Crippen LogP contribution is 2.31. The largest absolute Gasteiger partial charge is 0.383 e. The number of methoxy groups -OCH3 is 1. The van der Waals surface area contributed by atoms with E-state index in [0.717, 1.165) is 14.8 Å². The normalized spacial score (nSPS) is 12.6. The number of nitrogens with two attached hydrogens (primary N) is 1. The molecule has 0 amide bonds. The van der Waals surface area contributed by atoms with E-state index in [0.29, 0.717) is 18.2 Å². The molecule has 0 spiro atoms. The maximum Gasteiger partial charge on any atom is 0.0903 e. The van der Waals surface area contributed by atoms with Gasteiger partial charge in [0, 0.05) is 10.7 Å². The number of halogens is 2. The number of aromatic nitrogens is 2. The Kier molecular flexibility index (Phi) is 6.00. The standard InChI is InChI=1S/C14H18ClIN4O/c1-9-4-3-5-10(12(9)16)13(19-17)14-11(15)8-18-20(14)6-7-21-2/h3-5,8,13,19H,6-7,17H2,1-2H3. The third-order valence-electron chi connectivity index (χ3n) is 3.31. The van der Waals surface area contributed by atoms with Gasteiger partial charge in [-0.05, 0) is 40.6 Å². The van der Waals surface area contributed by atoms with Crippen molar-refractivity contribution in [3.63, 3.8) is 0 Å². The first-order valence-corrected chi connectivity index (χ1v) is 7.97. The van der Waals surface area contributed by atoms with Gasteiger partial charge in [-0.25, -0.2) is 5.43 Å². The van der Waals surface area contributed by atoms with Crippen molar-refractivity contribution in [2.75, 3.05) is 13.7 Å². The molecule has 21 heavy (non-hydrogen) atoms. The zero-order valence-corrected chi connectivity index (χ0v) is 14.9. The Balaban J connectivity index is 2.46. The van der Waals surface area contributed by atoms with Gasteiger partial charge in [-0.3, -0.25) is 10.5 Å². The van der Waals surface area contributed by atoms with Crippen LogP contribution < -0.4 is 11.3 Å². The topological polar surface area (TPSA) is 65.1 Å². The number of nitrogens with one attached hydrogen (secondary N) is 1. The van der Waals surface area contributed by atoms with Gasteiger partial charge < -0.3 is 4.74 Å². The molecule has 5 nitrogen and oxygen atoms in total. The summed E-state index contributed by atoms with van der Waals surface area (Å²) in [4.78, 5) is 0. The molecule has 1 aromatic carbocycles. The van der Waals surface area contributed by atoms with E-state index in [4.69, 9.17) is 22.2 Å². The SMILES string of the molecule is COCCn1ncc(Cl)c1C(NN)c1cccc(C)c1I. The average Bonchev–Trinajstić information content (AvgIpc) is 2.83. The summed E-state index contributed by atoms with van der Waals surface area (Å²) in [6.07, 6.45) is 1.64. The van der Waals surface area contributed by atoms with Crippen LogP contribution in [-0.4, -0.2) is 23.5 Å². The minimum absolute atomic E-state index is 0.219. The lowest BCUT2D eigenvalue weighted by Crippen LogP contribution is -2.32. The lowest BCUT2D eigenvalue weighted by molar-refractivity contribution is 0.182. The average molecular weight is 421 g/mol. The molecule has 0 bridgehead atoms. The van der Waals surface area contributed by atoms with Gasteiger partial charge in [0.05, 0.1) is 36.1 Å². The van der Waals surface area contributed by atoms with Crippen LogP contribution >= 0.6 is 34.2 Å². The monoisotopic (exact) mass is 420 g/mol. The van der Waals surface area contributed by atoms with Crippen LogP contribution in [0.1, 0.15) is 22.9 Å². The van der Waals surface area contributed by atoms with Crippen molar-refractivity contribution in [2.45, 2.75) is 19.5 Å². The van der Waals surface area contributed by atoms with Crippen LogP contribution in [0.5, 0.6) is 0 Å². The molecule has 2 rings (SSSR count). The summed E-state index contributed by atoms with van der Waals surface area (Å²) < 4.78 is 8.10. The molecular weight excluding hydrogens is 403 g/mol. The molecular formula is C14H18ClIN4O. The fraction of sp³-hybridized carbons (Fsp3) is 0.357. The Bertz CT molecular complexity index is 617. The molecule has 1 unspecified atom stereocenters. The quantitative estimate of drug-likeness (QED) is 0.428. The van der Waals surface area contributed by atoms with Gasteiger partial charge in [0.1, 0.15) is 0 Å². The molecule has 1 heterocycles. The van der Waals surface area contributed by atoms with Crippen molar-refractivity contribution in [1.29, 1.82) is 0 Å². The Labute approximate surface area is 142 Å². The molecule has 0 saturated heterocycles. The first kappa shape index (κ1) is 16.7. The minimum atomic E-state index is -0.219. The molecule has 0 aliphatic carbocycles. The predicted octanol–water partition coefficient (Wildman–Crippen LogP) is 2.65. The summed E-state index contributed by atoms with van der Waals surface area (Å²) in [5.74, 6) is 5.80. The van der Waals surface area contributed by atoms with E-state index in [9.17, 15) is 0 Å². The molecule has 0 radical (unpaired) electrons. The molecule has 1 aromatic heterocycles. The van der Waals surface area contributed by atoms with Crippen LogP contribution in [0, 0.1) is 10.5 Å². The predicted molar refractivity (Wildman–Crippen MR) is 92.2 cm³/mol. The molecule has 0 fully saturated rings. The Morgan fingerprint density at radius 3 is 2.95 bits per heavy atom. The summed E-state index contributed by atoms with van der Waals surface area (Å²) in [5, 5.41) is 4.90. The van der Waals surface area contributed by atoms with Crippen LogP contribution in [-0.2, 0) is 11.3 Å². The number of nitrogens with zero attached hydrogens (tertiary/aromatic N) is 2. The van der Waals surface area contributed by atoms with Crippen LogP contribution in [0.4, 0.5) is 0 Å². The van der Waals surface area contributed by atoms with Crippen molar-refractivity contribution in [1.82, 2.24) is 15.2 Å². The zero-order chi connectivity index (χ0) is 15.4. The minimum Gasteiger partial charge on any atom is -0.383 e. The molecule has 2 aromatic rings. The number of benzene rings is 1. The number of rotatable bonds is 6. The summed E-state index contributed by atoms with van der Waals surface area (Å²) in [6, 6.07) is 5.91. The highest BCUT2D eigenvalue weighted by Gasteiger charge is 2.23. The van der Waals surface area contributed by atoms with Crippen LogP contribution in [0.2, 0.25) is 5.02 Å². The van der Waals surface area contributed by atoms with Crippen molar-refractivity contribution in [3.05, 3.63) is 49.8 Å². The van der Waals surface area contributed by atoms with Gasteiger partial charge in [-0.1, -0.05) is 29.8 Å². The third-order valence-corrected chi connectivity index (χ3v) is 5.08. The molecule has 0 aliphatic heterocycles. The number of ether oxygens (including phenoxy) is 1. The van der Waals surface area contributed by atoms with E-state index >= 15 is 0 Å². The molecule has 3 N–H and O–H groups in total. The molecule has 114 valence electrons. The van der Waals surface area contributed by atoms with Crippen molar-refractivity contribution in [3.8, 4) is 0 Å². The van der Waals surface area contributed by atoms with E-state index in [1.807, 2.05) is 16.8 Å². The lowest BCUT2D eigenvalue weighted by Gasteiger charge is -2.21. The second-order valence-electron chi connectivity index (χ2n) is 4.67. The number of hydrogen-bond acceptors (Lipinski definition) is 4. The maximum absolute atomic E-state index is 6.32. The molecule has 0 saturated carbocycles. The van der Waals surface area contributed by atoms with Crippen molar-refractivity contribution < 1.29 is 4.74 Å². The van der Waals surface area contributed by atoms with Gasteiger partial charge in [-0.2, -0.15) is 5.10 Å². The number of hydrogen-bond donors (Lipinski definition) is 2. The van der Waals surface area contributed by atoms with E-state index in [1.54, 1.807) is 13.3 Å². The zero-order valence-electron chi connectivity index (χ0n) is 11.9. The third kappa shape index (κ3) is 3.57.